The highest BCUT2D eigenvalue weighted by atomic mass is 35.5. The van der Waals surface area contributed by atoms with Gasteiger partial charge in [-0.3, -0.25) is 9.69 Å². The van der Waals surface area contributed by atoms with Crippen LogP contribution in [0, 0.1) is 0 Å². The number of halogens is 1. The van der Waals surface area contributed by atoms with E-state index in [-0.39, 0.29) is 36.2 Å². The average molecular weight is 463 g/mol. The molecule has 166 valence electrons. The molecule has 1 heterocycles. The molecule has 2 N–H and O–H groups in total. The summed E-state index contributed by atoms with van der Waals surface area (Å²) >= 11 is 1.18. The molecule has 3 aromatic rings. The SMILES string of the molecule is CCOC(=O)c1c(NC(=O)c2ccccc2)sc2c(O)c(CN(CC)CC)ccc12.Cl. The molecular weight excluding hydrogens is 436 g/mol. The van der Waals surface area contributed by atoms with Gasteiger partial charge in [0.15, 0.2) is 0 Å². The molecule has 0 unspecified atom stereocenters. The van der Waals surface area contributed by atoms with Crippen molar-refractivity contribution in [3.05, 3.63) is 59.2 Å². The van der Waals surface area contributed by atoms with E-state index >= 15 is 0 Å². The van der Waals surface area contributed by atoms with Crippen molar-refractivity contribution in [1.29, 1.82) is 0 Å². The lowest BCUT2D eigenvalue weighted by Gasteiger charge is -2.18. The van der Waals surface area contributed by atoms with Crippen molar-refractivity contribution >= 4 is 50.7 Å². The molecule has 0 spiro atoms. The average Bonchev–Trinajstić information content (AvgIpc) is 3.13. The first-order valence-corrected chi connectivity index (χ1v) is 10.8. The van der Waals surface area contributed by atoms with Crippen LogP contribution >= 0.6 is 23.7 Å². The summed E-state index contributed by atoms with van der Waals surface area (Å²) in [6.45, 7) is 8.42. The van der Waals surface area contributed by atoms with Gasteiger partial charge in [-0.05, 0) is 32.1 Å². The summed E-state index contributed by atoms with van der Waals surface area (Å²) in [6.07, 6.45) is 0. The molecule has 8 heteroatoms. The van der Waals surface area contributed by atoms with Crippen molar-refractivity contribution in [3.8, 4) is 5.75 Å². The molecule has 0 bridgehead atoms. The first kappa shape index (κ1) is 24.7. The Bertz CT molecular complexity index is 1050. The summed E-state index contributed by atoms with van der Waals surface area (Å²) in [6, 6.07) is 12.4. The number of carbonyl (C=O) groups excluding carboxylic acids is 2. The van der Waals surface area contributed by atoms with Crippen molar-refractivity contribution in [2.24, 2.45) is 0 Å². The van der Waals surface area contributed by atoms with Crippen LogP contribution in [0.5, 0.6) is 5.75 Å². The molecule has 1 amide bonds. The number of fused-ring (bicyclic) bond motifs is 1. The maximum atomic E-state index is 12.7. The van der Waals surface area contributed by atoms with E-state index in [1.165, 1.54) is 11.3 Å². The maximum Gasteiger partial charge on any atom is 0.341 e. The molecule has 2 aromatic carbocycles. The molecular formula is C23H27ClN2O4S. The van der Waals surface area contributed by atoms with Crippen LogP contribution in [0.2, 0.25) is 0 Å². The third-order valence-electron chi connectivity index (χ3n) is 4.95. The zero-order valence-electron chi connectivity index (χ0n) is 17.8. The number of amides is 1. The van der Waals surface area contributed by atoms with Crippen molar-refractivity contribution in [1.82, 2.24) is 4.90 Å². The lowest BCUT2D eigenvalue weighted by Crippen LogP contribution is -2.22. The molecule has 0 saturated heterocycles. The van der Waals surface area contributed by atoms with Gasteiger partial charge < -0.3 is 15.2 Å². The number of esters is 1. The summed E-state index contributed by atoms with van der Waals surface area (Å²) in [4.78, 5) is 27.5. The number of rotatable bonds is 8. The van der Waals surface area contributed by atoms with Gasteiger partial charge >= 0.3 is 5.97 Å². The topological polar surface area (TPSA) is 78.9 Å². The highest BCUT2D eigenvalue weighted by molar-refractivity contribution is 7.24. The number of hydrogen-bond donors (Lipinski definition) is 2. The Kier molecular flexibility index (Phi) is 8.86. The highest BCUT2D eigenvalue weighted by Crippen LogP contribution is 2.42. The molecule has 0 atom stereocenters. The fraction of sp³-hybridized carbons (Fsp3) is 0.304. The summed E-state index contributed by atoms with van der Waals surface area (Å²) in [5.41, 5.74) is 1.53. The Morgan fingerprint density at radius 3 is 2.35 bits per heavy atom. The molecule has 0 aliphatic heterocycles. The van der Waals surface area contributed by atoms with E-state index in [0.717, 1.165) is 18.7 Å². The zero-order valence-corrected chi connectivity index (χ0v) is 19.4. The van der Waals surface area contributed by atoms with Crippen molar-refractivity contribution in [2.45, 2.75) is 27.3 Å². The summed E-state index contributed by atoms with van der Waals surface area (Å²) in [5.74, 6) is -0.714. The predicted octanol–water partition coefficient (Wildman–Crippen LogP) is 5.30. The second-order valence-corrected chi connectivity index (χ2v) is 7.78. The molecule has 6 nitrogen and oxygen atoms in total. The summed E-state index contributed by atoms with van der Waals surface area (Å²) in [5, 5.41) is 14.7. The lowest BCUT2D eigenvalue weighted by molar-refractivity contribution is 0.0530. The van der Waals surface area contributed by atoms with Crippen molar-refractivity contribution in [3.63, 3.8) is 0 Å². The third-order valence-corrected chi connectivity index (χ3v) is 6.07. The molecule has 0 radical (unpaired) electrons. The number of hydrogen-bond acceptors (Lipinski definition) is 6. The lowest BCUT2D eigenvalue weighted by atomic mass is 10.1. The quantitative estimate of drug-likeness (QED) is 0.444. The number of ether oxygens (including phenoxy) is 1. The molecule has 0 saturated carbocycles. The van der Waals surface area contributed by atoms with E-state index in [9.17, 15) is 14.7 Å². The van der Waals surface area contributed by atoms with E-state index in [4.69, 9.17) is 4.74 Å². The standard InChI is InChI=1S/C23H26N2O4S.ClH/c1-4-25(5-2)14-16-12-13-17-18(23(28)29-6-3)22(30-20(17)19(16)26)24-21(27)15-10-8-7-9-11-15;/h7-13,26H,4-6,14H2,1-3H3,(H,24,27);1H. The number of carbonyl (C=O) groups is 2. The van der Waals surface area contributed by atoms with Crippen LogP contribution in [0.3, 0.4) is 0 Å². The Morgan fingerprint density at radius 2 is 1.74 bits per heavy atom. The third kappa shape index (κ3) is 5.36. The minimum absolute atomic E-state index is 0. The Labute approximate surface area is 192 Å². The fourth-order valence-corrected chi connectivity index (χ4v) is 4.41. The second-order valence-electron chi connectivity index (χ2n) is 6.76. The van der Waals surface area contributed by atoms with Crippen molar-refractivity contribution < 1.29 is 19.4 Å². The van der Waals surface area contributed by atoms with Crippen LogP contribution in [-0.4, -0.2) is 41.6 Å². The monoisotopic (exact) mass is 462 g/mol. The Balaban J connectivity index is 0.00000341. The van der Waals surface area contributed by atoms with E-state index in [2.05, 4.69) is 24.1 Å². The number of nitrogens with zero attached hydrogens (tertiary/aromatic N) is 1. The number of aromatic hydroxyl groups is 1. The number of benzene rings is 2. The molecule has 3 rings (SSSR count). The van der Waals surface area contributed by atoms with E-state index in [1.54, 1.807) is 31.2 Å². The van der Waals surface area contributed by atoms with Crippen LogP contribution < -0.4 is 5.32 Å². The predicted molar refractivity (Wildman–Crippen MR) is 128 cm³/mol. The number of anilines is 1. The molecule has 1 aromatic heterocycles. The minimum atomic E-state index is -0.525. The van der Waals surface area contributed by atoms with Gasteiger partial charge in [0.25, 0.3) is 5.91 Å². The largest absolute Gasteiger partial charge is 0.506 e. The summed E-state index contributed by atoms with van der Waals surface area (Å²) in [7, 11) is 0. The van der Waals surface area contributed by atoms with Gasteiger partial charge in [0.1, 0.15) is 16.3 Å². The first-order chi connectivity index (χ1) is 14.5. The molecule has 0 aliphatic rings. The second kappa shape index (κ2) is 11.1. The Morgan fingerprint density at radius 1 is 1.06 bits per heavy atom. The summed E-state index contributed by atoms with van der Waals surface area (Å²) < 4.78 is 5.78. The van der Waals surface area contributed by atoms with Gasteiger partial charge in [0, 0.05) is 23.1 Å². The smallest absolute Gasteiger partial charge is 0.341 e. The molecule has 31 heavy (non-hydrogen) atoms. The number of phenols is 1. The van der Waals surface area contributed by atoms with Gasteiger partial charge in [0.05, 0.1) is 11.3 Å². The number of phenolic OH excluding ortho intramolecular Hbond substituents is 1. The van der Waals surface area contributed by atoms with Gasteiger partial charge in [0.2, 0.25) is 0 Å². The van der Waals surface area contributed by atoms with Crippen LogP contribution in [0.4, 0.5) is 5.00 Å². The van der Waals surface area contributed by atoms with Gasteiger partial charge in [-0.25, -0.2) is 4.79 Å². The Hall–Kier alpha value is -2.61. The molecule has 0 fully saturated rings. The van der Waals surface area contributed by atoms with Crippen LogP contribution in [0.1, 0.15) is 47.1 Å². The maximum absolute atomic E-state index is 12.7. The molecule has 0 aliphatic carbocycles. The van der Waals surface area contributed by atoms with Crippen LogP contribution in [0.25, 0.3) is 10.1 Å². The number of nitrogens with one attached hydrogen (secondary N) is 1. The van der Waals surface area contributed by atoms with E-state index in [0.29, 0.717) is 27.2 Å². The zero-order chi connectivity index (χ0) is 21.7. The minimum Gasteiger partial charge on any atom is -0.506 e. The van der Waals surface area contributed by atoms with E-state index < -0.39 is 5.97 Å². The van der Waals surface area contributed by atoms with Gasteiger partial charge in [-0.15, -0.1) is 23.7 Å². The number of thiophene rings is 1. The fourth-order valence-electron chi connectivity index (χ4n) is 3.26. The van der Waals surface area contributed by atoms with Crippen LogP contribution in [-0.2, 0) is 11.3 Å². The van der Waals surface area contributed by atoms with E-state index in [1.807, 2.05) is 18.2 Å². The first-order valence-electron chi connectivity index (χ1n) is 10.0. The highest BCUT2D eigenvalue weighted by Gasteiger charge is 2.24. The van der Waals surface area contributed by atoms with Gasteiger partial charge in [-0.2, -0.15) is 0 Å². The van der Waals surface area contributed by atoms with Crippen molar-refractivity contribution in [2.75, 3.05) is 25.0 Å². The van der Waals surface area contributed by atoms with Crippen LogP contribution in [0.15, 0.2) is 42.5 Å². The van der Waals surface area contributed by atoms with Gasteiger partial charge in [-0.1, -0.05) is 44.2 Å². The normalized spacial score (nSPS) is 10.7.